The molecule has 0 bridgehead atoms. The van der Waals surface area contributed by atoms with Crippen LogP contribution in [0.2, 0.25) is 0 Å². The second-order valence-electron chi connectivity index (χ2n) is 5.80. The Hall–Kier alpha value is -2.93. The molecule has 0 saturated heterocycles. The summed E-state index contributed by atoms with van der Waals surface area (Å²) in [6, 6.07) is 10.9. The number of nitro groups is 1. The highest BCUT2D eigenvalue weighted by Gasteiger charge is 2.31. The van der Waals surface area contributed by atoms with Gasteiger partial charge < -0.3 is 15.7 Å². The fraction of sp³-hybridized carbons (Fsp3) is 0.235. The van der Waals surface area contributed by atoms with Crippen LogP contribution in [0.25, 0.3) is 0 Å². The number of non-ortho nitro benzene ring substituents is 1. The topological polar surface area (TPSA) is 105 Å². The Morgan fingerprint density at radius 3 is 2.75 bits per heavy atom. The molecule has 7 nitrogen and oxygen atoms in total. The summed E-state index contributed by atoms with van der Waals surface area (Å²) in [6.07, 6.45) is -0.177. The van der Waals surface area contributed by atoms with Crippen LogP contribution in [0, 0.1) is 17.0 Å². The van der Waals surface area contributed by atoms with Crippen LogP contribution in [0.3, 0.4) is 0 Å². The number of amides is 2. The zero-order valence-corrected chi connectivity index (χ0v) is 13.0. The lowest BCUT2D eigenvalue weighted by Gasteiger charge is -2.19. The number of aliphatic hydroxyl groups excluding tert-OH is 1. The molecule has 0 spiro atoms. The maximum atomic E-state index is 12.2. The van der Waals surface area contributed by atoms with E-state index >= 15 is 0 Å². The Morgan fingerprint density at radius 2 is 2.04 bits per heavy atom. The van der Waals surface area contributed by atoms with E-state index < -0.39 is 23.1 Å². The molecule has 0 aromatic heterocycles. The fourth-order valence-electron chi connectivity index (χ4n) is 2.95. The van der Waals surface area contributed by atoms with Gasteiger partial charge in [0.1, 0.15) is 0 Å². The number of rotatable bonds is 3. The van der Waals surface area contributed by atoms with E-state index in [1.807, 2.05) is 24.3 Å². The van der Waals surface area contributed by atoms with Crippen LogP contribution >= 0.6 is 0 Å². The standard InChI is InChI=1S/C17H17N3O4/c1-10-8-12(20(23)24)6-7-14(10)18-17(22)19-16-13-5-3-2-4-11(13)9-15(16)21/h2-8,15-16,21H,9H2,1H3,(H2,18,19,22)/t15-,16+/m1/s1. The monoisotopic (exact) mass is 327 g/mol. The number of nitrogens with one attached hydrogen (secondary N) is 2. The number of aliphatic hydroxyl groups is 1. The van der Waals surface area contributed by atoms with Gasteiger partial charge in [0, 0.05) is 24.2 Å². The Kier molecular flexibility index (Phi) is 4.18. The van der Waals surface area contributed by atoms with Crippen molar-refractivity contribution in [3.63, 3.8) is 0 Å². The predicted molar refractivity (Wildman–Crippen MR) is 88.9 cm³/mol. The minimum absolute atomic E-state index is 0.0291. The number of fused-ring (bicyclic) bond motifs is 1. The highest BCUT2D eigenvalue weighted by atomic mass is 16.6. The van der Waals surface area contributed by atoms with Crippen LogP contribution in [0.1, 0.15) is 22.7 Å². The number of urea groups is 1. The summed E-state index contributed by atoms with van der Waals surface area (Å²) in [6.45, 7) is 1.68. The first-order chi connectivity index (χ1) is 11.5. The molecule has 2 amide bonds. The first-order valence-corrected chi connectivity index (χ1v) is 7.54. The van der Waals surface area contributed by atoms with E-state index in [-0.39, 0.29) is 5.69 Å². The lowest BCUT2D eigenvalue weighted by molar-refractivity contribution is -0.384. The van der Waals surface area contributed by atoms with Crippen molar-refractivity contribution in [2.24, 2.45) is 0 Å². The molecule has 0 unspecified atom stereocenters. The van der Waals surface area contributed by atoms with Crippen LogP contribution < -0.4 is 10.6 Å². The second kappa shape index (κ2) is 6.29. The second-order valence-corrected chi connectivity index (χ2v) is 5.80. The highest BCUT2D eigenvalue weighted by Crippen LogP contribution is 2.31. The highest BCUT2D eigenvalue weighted by molar-refractivity contribution is 5.90. The van der Waals surface area contributed by atoms with Crippen molar-refractivity contribution in [3.05, 3.63) is 69.3 Å². The molecule has 1 aliphatic carbocycles. The largest absolute Gasteiger partial charge is 0.390 e. The van der Waals surface area contributed by atoms with Crippen LogP contribution in [0.5, 0.6) is 0 Å². The Morgan fingerprint density at radius 1 is 1.29 bits per heavy atom. The minimum atomic E-state index is -0.675. The Bertz CT molecular complexity index is 806. The lowest BCUT2D eigenvalue weighted by atomic mass is 10.1. The molecule has 24 heavy (non-hydrogen) atoms. The molecule has 0 saturated carbocycles. The van der Waals surface area contributed by atoms with E-state index in [0.29, 0.717) is 17.7 Å². The lowest BCUT2D eigenvalue weighted by Crippen LogP contribution is -2.36. The number of nitrogens with zero attached hydrogens (tertiary/aromatic N) is 1. The Balaban J connectivity index is 1.71. The van der Waals surface area contributed by atoms with E-state index in [9.17, 15) is 20.0 Å². The third-order valence-corrected chi connectivity index (χ3v) is 4.16. The van der Waals surface area contributed by atoms with Gasteiger partial charge in [-0.3, -0.25) is 10.1 Å². The third kappa shape index (κ3) is 3.07. The van der Waals surface area contributed by atoms with Crippen LogP contribution in [0.15, 0.2) is 42.5 Å². The summed E-state index contributed by atoms with van der Waals surface area (Å²) in [4.78, 5) is 22.5. The molecule has 2 aromatic rings. The number of carbonyl (C=O) groups excluding carboxylic acids is 1. The molecular formula is C17H17N3O4. The summed E-state index contributed by atoms with van der Waals surface area (Å²) in [5, 5.41) is 26.3. The maximum Gasteiger partial charge on any atom is 0.319 e. The van der Waals surface area contributed by atoms with E-state index in [2.05, 4.69) is 10.6 Å². The van der Waals surface area contributed by atoms with Gasteiger partial charge in [0.2, 0.25) is 0 Å². The van der Waals surface area contributed by atoms with Gasteiger partial charge in [-0.25, -0.2) is 4.79 Å². The molecule has 2 aromatic carbocycles. The summed E-state index contributed by atoms with van der Waals surface area (Å²) in [5.41, 5.74) is 2.96. The summed E-state index contributed by atoms with van der Waals surface area (Å²) >= 11 is 0. The van der Waals surface area contributed by atoms with Gasteiger partial charge in [0.25, 0.3) is 5.69 Å². The van der Waals surface area contributed by atoms with E-state index in [4.69, 9.17) is 0 Å². The minimum Gasteiger partial charge on any atom is -0.390 e. The van der Waals surface area contributed by atoms with Crippen LogP contribution in [0.4, 0.5) is 16.2 Å². The number of carbonyl (C=O) groups is 1. The third-order valence-electron chi connectivity index (χ3n) is 4.16. The zero-order valence-electron chi connectivity index (χ0n) is 13.0. The molecule has 2 atom stereocenters. The molecule has 0 fully saturated rings. The van der Waals surface area contributed by atoms with E-state index in [1.54, 1.807) is 6.92 Å². The van der Waals surface area contributed by atoms with E-state index in [0.717, 1.165) is 11.1 Å². The van der Waals surface area contributed by atoms with Crippen molar-refractivity contribution in [1.29, 1.82) is 0 Å². The van der Waals surface area contributed by atoms with E-state index in [1.165, 1.54) is 18.2 Å². The molecule has 0 heterocycles. The number of nitro benzene ring substituents is 1. The van der Waals surface area contributed by atoms with Gasteiger partial charge in [-0.05, 0) is 29.7 Å². The average Bonchev–Trinajstić information content (AvgIpc) is 2.85. The summed E-state index contributed by atoms with van der Waals surface area (Å²) in [7, 11) is 0. The molecular weight excluding hydrogens is 310 g/mol. The number of aryl methyl sites for hydroxylation is 1. The molecule has 7 heteroatoms. The maximum absolute atomic E-state index is 12.2. The molecule has 0 radical (unpaired) electrons. The van der Waals surface area contributed by atoms with Crippen molar-refractivity contribution in [2.45, 2.75) is 25.5 Å². The van der Waals surface area contributed by atoms with Crippen molar-refractivity contribution in [1.82, 2.24) is 5.32 Å². The number of hydrogen-bond acceptors (Lipinski definition) is 4. The van der Waals surface area contributed by atoms with Crippen molar-refractivity contribution >= 4 is 17.4 Å². The van der Waals surface area contributed by atoms with Gasteiger partial charge in [-0.15, -0.1) is 0 Å². The number of anilines is 1. The van der Waals surface area contributed by atoms with Gasteiger partial charge in [0.05, 0.1) is 17.1 Å². The SMILES string of the molecule is Cc1cc([N+](=O)[O-])ccc1NC(=O)N[C@H]1c2ccccc2C[C@H]1O. The normalized spacial score (nSPS) is 18.8. The summed E-state index contributed by atoms with van der Waals surface area (Å²) < 4.78 is 0. The van der Waals surface area contributed by atoms with Gasteiger partial charge >= 0.3 is 6.03 Å². The molecule has 3 N–H and O–H groups in total. The quantitative estimate of drug-likeness (QED) is 0.595. The van der Waals surface area contributed by atoms with Gasteiger partial charge in [-0.2, -0.15) is 0 Å². The fourth-order valence-corrected chi connectivity index (χ4v) is 2.95. The molecule has 3 rings (SSSR count). The molecule has 124 valence electrons. The number of hydrogen-bond donors (Lipinski definition) is 3. The first kappa shape index (κ1) is 15.9. The van der Waals surface area contributed by atoms with Crippen LogP contribution in [-0.4, -0.2) is 22.2 Å². The smallest absolute Gasteiger partial charge is 0.319 e. The van der Waals surface area contributed by atoms with Crippen molar-refractivity contribution in [2.75, 3.05) is 5.32 Å². The molecule has 1 aliphatic rings. The first-order valence-electron chi connectivity index (χ1n) is 7.54. The van der Waals surface area contributed by atoms with Crippen LogP contribution in [-0.2, 0) is 6.42 Å². The van der Waals surface area contributed by atoms with Gasteiger partial charge in [0.15, 0.2) is 0 Å². The Labute approximate surface area is 138 Å². The number of benzene rings is 2. The van der Waals surface area contributed by atoms with Crippen molar-refractivity contribution < 1.29 is 14.8 Å². The predicted octanol–water partition coefficient (Wildman–Crippen LogP) is 2.68. The average molecular weight is 327 g/mol. The zero-order chi connectivity index (χ0) is 17.3. The molecule has 0 aliphatic heterocycles. The van der Waals surface area contributed by atoms with Gasteiger partial charge in [-0.1, -0.05) is 24.3 Å². The van der Waals surface area contributed by atoms with Crippen molar-refractivity contribution in [3.8, 4) is 0 Å². The summed E-state index contributed by atoms with van der Waals surface area (Å²) in [5.74, 6) is 0.